The van der Waals surface area contributed by atoms with Crippen LogP contribution in [0.4, 0.5) is 0 Å². The summed E-state index contributed by atoms with van der Waals surface area (Å²) < 4.78 is 1.78. The van der Waals surface area contributed by atoms with Crippen molar-refractivity contribution in [3.05, 3.63) is 12.2 Å². The van der Waals surface area contributed by atoms with E-state index >= 15 is 0 Å². The maximum absolute atomic E-state index is 12.6. The molecule has 1 aromatic rings. The number of carbonyl (C=O) groups is 1. The highest BCUT2D eigenvalue weighted by Crippen LogP contribution is 2.35. The average molecular weight is 295 g/mol. The summed E-state index contributed by atoms with van der Waals surface area (Å²) in [5.41, 5.74) is 5.20. The van der Waals surface area contributed by atoms with Gasteiger partial charge in [-0.15, -0.1) is 10.2 Å². The first kappa shape index (κ1) is 14.9. The molecule has 0 unspecified atom stereocenters. The Kier molecular flexibility index (Phi) is 4.69. The van der Waals surface area contributed by atoms with Crippen molar-refractivity contribution in [1.29, 1.82) is 0 Å². The van der Waals surface area contributed by atoms with Crippen molar-refractivity contribution in [2.75, 3.05) is 0 Å². The van der Waals surface area contributed by atoms with Crippen LogP contribution in [0.3, 0.4) is 0 Å². The van der Waals surface area contributed by atoms with Crippen LogP contribution in [-0.4, -0.2) is 25.7 Å². The van der Waals surface area contributed by atoms with E-state index in [1.807, 2.05) is 7.05 Å². The van der Waals surface area contributed by atoms with Gasteiger partial charge in [0, 0.05) is 7.05 Å². The van der Waals surface area contributed by atoms with Gasteiger partial charge in [0.05, 0.1) is 16.9 Å². The van der Waals surface area contributed by atoms with Crippen molar-refractivity contribution < 1.29 is 4.79 Å². The Labute approximate surface area is 124 Å². The van der Waals surface area contributed by atoms with Gasteiger partial charge in [0.1, 0.15) is 6.33 Å². The van der Waals surface area contributed by atoms with Crippen molar-refractivity contribution in [2.24, 2.45) is 18.2 Å². The van der Waals surface area contributed by atoms with Crippen molar-refractivity contribution >= 4 is 23.1 Å². The van der Waals surface area contributed by atoms with E-state index in [4.69, 9.17) is 18.0 Å². The second kappa shape index (κ2) is 6.30. The molecule has 110 valence electrons. The Hall–Kier alpha value is -1.50. The molecule has 1 saturated carbocycles. The normalized spacial score (nSPS) is 18.2. The van der Waals surface area contributed by atoms with Gasteiger partial charge in [-0.05, 0) is 12.8 Å². The highest BCUT2D eigenvalue weighted by molar-refractivity contribution is 7.80. The van der Waals surface area contributed by atoms with Crippen molar-refractivity contribution in [3.63, 3.8) is 0 Å². The molecule has 0 aromatic carbocycles. The summed E-state index contributed by atoms with van der Waals surface area (Å²) in [5, 5.41) is 10.7. The molecule has 6 nitrogen and oxygen atoms in total. The molecule has 2 rings (SSSR count). The van der Waals surface area contributed by atoms with Gasteiger partial charge < -0.3 is 15.6 Å². The molecule has 1 aromatic heterocycles. The smallest absolute Gasteiger partial charge is 0.233 e. The average Bonchev–Trinajstić information content (AvgIpc) is 2.67. The van der Waals surface area contributed by atoms with E-state index in [0.717, 1.165) is 38.5 Å². The standard InChI is InChI=1S/C13H21N5OS/c1-18-9-16-17-10(18)8-15-12(19)13(11(14)20)6-4-2-3-5-7-13/h9H,2-8H2,1H3,(H2,14,20)(H,15,19). The molecule has 1 amide bonds. The number of amides is 1. The lowest BCUT2D eigenvalue weighted by Gasteiger charge is -2.30. The molecule has 0 atom stereocenters. The fourth-order valence-corrected chi connectivity index (χ4v) is 3.01. The van der Waals surface area contributed by atoms with Crippen LogP contribution in [0.2, 0.25) is 0 Å². The third kappa shape index (κ3) is 2.98. The van der Waals surface area contributed by atoms with Crippen molar-refractivity contribution in [2.45, 2.75) is 45.1 Å². The summed E-state index contributed by atoms with van der Waals surface area (Å²) in [7, 11) is 1.84. The quantitative estimate of drug-likeness (QED) is 0.641. The van der Waals surface area contributed by atoms with Gasteiger partial charge in [-0.1, -0.05) is 37.9 Å². The third-order valence-electron chi connectivity index (χ3n) is 4.08. The number of aromatic nitrogens is 3. The fraction of sp³-hybridized carbons (Fsp3) is 0.692. The lowest BCUT2D eigenvalue weighted by atomic mass is 9.79. The van der Waals surface area contributed by atoms with Gasteiger partial charge in [-0.25, -0.2) is 0 Å². The van der Waals surface area contributed by atoms with Crippen molar-refractivity contribution in [1.82, 2.24) is 20.1 Å². The van der Waals surface area contributed by atoms with Gasteiger partial charge in [-0.2, -0.15) is 0 Å². The van der Waals surface area contributed by atoms with Crippen LogP contribution < -0.4 is 11.1 Å². The van der Waals surface area contributed by atoms with Crippen molar-refractivity contribution in [3.8, 4) is 0 Å². The minimum atomic E-state index is -0.690. The zero-order valence-corrected chi connectivity index (χ0v) is 12.6. The molecule has 0 spiro atoms. The summed E-state index contributed by atoms with van der Waals surface area (Å²) in [6.45, 7) is 0.347. The lowest BCUT2D eigenvalue weighted by molar-refractivity contribution is -0.128. The van der Waals surface area contributed by atoms with Crippen LogP contribution in [0, 0.1) is 5.41 Å². The molecule has 0 aliphatic heterocycles. The van der Waals surface area contributed by atoms with E-state index in [2.05, 4.69) is 15.5 Å². The first-order valence-electron chi connectivity index (χ1n) is 6.97. The maximum Gasteiger partial charge on any atom is 0.233 e. The zero-order valence-electron chi connectivity index (χ0n) is 11.8. The van der Waals surface area contributed by atoms with Gasteiger partial charge in [0.25, 0.3) is 0 Å². The maximum atomic E-state index is 12.6. The molecule has 0 saturated heterocycles. The fourth-order valence-electron chi connectivity index (χ4n) is 2.71. The second-order valence-corrected chi connectivity index (χ2v) is 5.84. The zero-order chi connectivity index (χ0) is 14.6. The van der Waals surface area contributed by atoms with E-state index in [-0.39, 0.29) is 5.91 Å². The topological polar surface area (TPSA) is 85.8 Å². The predicted molar refractivity (Wildman–Crippen MR) is 79.8 cm³/mol. The molecule has 0 bridgehead atoms. The number of aryl methyl sites for hydroxylation is 1. The Morgan fingerprint density at radius 1 is 1.45 bits per heavy atom. The van der Waals surface area contributed by atoms with Crippen LogP contribution in [0.25, 0.3) is 0 Å². The van der Waals surface area contributed by atoms with Gasteiger partial charge in [-0.3, -0.25) is 4.79 Å². The molecule has 0 radical (unpaired) electrons. The third-order valence-corrected chi connectivity index (χ3v) is 4.47. The number of thiocarbonyl (C=S) groups is 1. The van der Waals surface area contributed by atoms with Gasteiger partial charge in [0.15, 0.2) is 5.82 Å². The largest absolute Gasteiger partial charge is 0.392 e. The number of rotatable bonds is 4. The Balaban J connectivity index is 2.07. The number of nitrogens with two attached hydrogens (primary N) is 1. The molecule has 1 aliphatic rings. The molecular formula is C13H21N5OS. The summed E-state index contributed by atoms with van der Waals surface area (Å²) in [5.74, 6) is 0.639. The molecule has 1 aliphatic carbocycles. The predicted octanol–water partition coefficient (Wildman–Crippen LogP) is 1.06. The van der Waals surface area contributed by atoms with Crippen LogP contribution in [0.1, 0.15) is 44.3 Å². The summed E-state index contributed by atoms with van der Waals surface area (Å²) >= 11 is 5.19. The van der Waals surface area contributed by atoms with Crippen LogP contribution in [0.15, 0.2) is 6.33 Å². The number of nitrogens with zero attached hydrogens (tertiary/aromatic N) is 3. The van der Waals surface area contributed by atoms with Gasteiger partial charge in [0.2, 0.25) is 5.91 Å². The van der Waals surface area contributed by atoms with Crippen LogP contribution in [0.5, 0.6) is 0 Å². The highest BCUT2D eigenvalue weighted by Gasteiger charge is 2.41. The summed E-state index contributed by atoms with van der Waals surface area (Å²) in [6, 6.07) is 0. The minimum Gasteiger partial charge on any atom is -0.392 e. The minimum absolute atomic E-state index is 0.0742. The van der Waals surface area contributed by atoms with Gasteiger partial charge >= 0.3 is 0 Å². The summed E-state index contributed by atoms with van der Waals surface area (Å²) in [6.07, 6.45) is 7.36. The molecular weight excluding hydrogens is 274 g/mol. The first-order valence-corrected chi connectivity index (χ1v) is 7.38. The second-order valence-electron chi connectivity index (χ2n) is 5.40. The summed E-state index contributed by atoms with van der Waals surface area (Å²) in [4.78, 5) is 12.9. The van der Waals surface area contributed by atoms with E-state index in [1.54, 1.807) is 10.9 Å². The number of hydrogen-bond acceptors (Lipinski definition) is 4. The molecule has 1 fully saturated rings. The number of hydrogen-bond donors (Lipinski definition) is 2. The number of nitrogens with one attached hydrogen (secondary N) is 1. The monoisotopic (exact) mass is 295 g/mol. The van der Waals surface area contributed by atoms with E-state index in [1.165, 1.54) is 0 Å². The SMILES string of the molecule is Cn1cnnc1CNC(=O)C1(C(N)=S)CCCCCC1. The van der Waals surface area contributed by atoms with E-state index < -0.39 is 5.41 Å². The Bertz CT molecular complexity index is 491. The van der Waals surface area contributed by atoms with E-state index in [9.17, 15) is 4.79 Å². The Morgan fingerprint density at radius 3 is 2.60 bits per heavy atom. The molecule has 7 heteroatoms. The first-order chi connectivity index (χ1) is 9.56. The lowest BCUT2D eigenvalue weighted by Crippen LogP contribution is -2.48. The van der Waals surface area contributed by atoms with E-state index in [0.29, 0.717) is 17.4 Å². The molecule has 1 heterocycles. The molecule has 3 N–H and O–H groups in total. The number of carbonyl (C=O) groups excluding carboxylic acids is 1. The highest BCUT2D eigenvalue weighted by atomic mass is 32.1. The molecule has 20 heavy (non-hydrogen) atoms. The van der Waals surface area contributed by atoms with Crippen LogP contribution >= 0.6 is 12.2 Å². The van der Waals surface area contributed by atoms with Crippen LogP contribution in [-0.2, 0) is 18.4 Å². The Morgan fingerprint density at radius 2 is 2.10 bits per heavy atom.